The van der Waals surface area contributed by atoms with Crippen LogP contribution >= 0.6 is 11.8 Å². The van der Waals surface area contributed by atoms with Crippen molar-refractivity contribution in [3.63, 3.8) is 0 Å². The van der Waals surface area contributed by atoms with Crippen LogP contribution in [-0.4, -0.2) is 27.2 Å². The molecule has 0 aliphatic carbocycles. The second-order valence-electron chi connectivity index (χ2n) is 6.39. The van der Waals surface area contributed by atoms with Crippen LogP contribution < -0.4 is 10.6 Å². The average molecular weight is 398 g/mol. The number of nitrogens with one attached hydrogen (secondary N) is 2. The minimum absolute atomic E-state index is 0.0784. The van der Waals surface area contributed by atoms with E-state index in [2.05, 4.69) is 35.5 Å². The zero-order valence-corrected chi connectivity index (χ0v) is 16.5. The topological polar surface area (TPSA) is 89.2 Å². The van der Waals surface area contributed by atoms with Gasteiger partial charge in [0.2, 0.25) is 5.91 Å². The maximum absolute atomic E-state index is 12.1. The number of urea groups is 1. The Kier molecular flexibility index (Phi) is 6.54. The number of amides is 3. The third kappa shape index (κ3) is 5.04. The fourth-order valence-electron chi connectivity index (χ4n) is 2.69. The quantitative estimate of drug-likeness (QED) is 0.592. The van der Waals surface area contributed by atoms with E-state index < -0.39 is 11.9 Å². The number of para-hydroxylation sites is 1. The molecule has 0 spiro atoms. The molecule has 3 amide bonds. The Bertz CT molecular complexity index is 935. The van der Waals surface area contributed by atoms with Crippen molar-refractivity contribution in [1.82, 2.24) is 20.2 Å². The molecule has 3 aromatic rings. The first kappa shape index (κ1) is 19.8. The number of imidazole rings is 1. The number of carbonyl (C=O) groups excluding carboxylic acids is 2. The van der Waals surface area contributed by atoms with Crippen LogP contribution in [0.15, 0.2) is 64.6 Å². The number of furan rings is 1. The maximum atomic E-state index is 12.1. The lowest BCUT2D eigenvalue weighted by molar-refractivity contribution is -0.117. The summed E-state index contributed by atoms with van der Waals surface area (Å²) >= 11 is 1.28. The van der Waals surface area contributed by atoms with Gasteiger partial charge in [0.25, 0.3) is 0 Å². The van der Waals surface area contributed by atoms with Gasteiger partial charge in [-0.15, -0.1) is 0 Å². The Morgan fingerprint density at radius 3 is 2.79 bits per heavy atom. The van der Waals surface area contributed by atoms with Crippen LogP contribution in [0.5, 0.6) is 0 Å². The lowest BCUT2D eigenvalue weighted by Crippen LogP contribution is -2.39. The van der Waals surface area contributed by atoms with E-state index in [1.165, 1.54) is 23.6 Å². The van der Waals surface area contributed by atoms with Crippen LogP contribution in [0.1, 0.15) is 31.1 Å². The molecule has 7 nitrogen and oxygen atoms in total. The average Bonchev–Trinajstić information content (AvgIpc) is 3.36. The van der Waals surface area contributed by atoms with Gasteiger partial charge in [0, 0.05) is 12.4 Å². The van der Waals surface area contributed by atoms with Crippen molar-refractivity contribution in [1.29, 1.82) is 0 Å². The van der Waals surface area contributed by atoms with E-state index in [4.69, 9.17) is 4.42 Å². The molecule has 2 heterocycles. The second-order valence-corrected chi connectivity index (χ2v) is 7.33. The van der Waals surface area contributed by atoms with E-state index in [0.717, 1.165) is 5.69 Å². The van der Waals surface area contributed by atoms with Gasteiger partial charge in [0.05, 0.1) is 24.2 Å². The van der Waals surface area contributed by atoms with E-state index in [-0.39, 0.29) is 12.3 Å². The molecule has 28 heavy (non-hydrogen) atoms. The number of hydrogen-bond donors (Lipinski definition) is 2. The predicted octanol–water partition coefficient (Wildman–Crippen LogP) is 3.71. The highest BCUT2D eigenvalue weighted by Crippen LogP contribution is 2.27. The first-order chi connectivity index (χ1) is 13.5. The van der Waals surface area contributed by atoms with Crippen LogP contribution in [0.3, 0.4) is 0 Å². The van der Waals surface area contributed by atoms with Crippen molar-refractivity contribution in [2.24, 2.45) is 0 Å². The highest BCUT2D eigenvalue weighted by atomic mass is 32.2. The van der Waals surface area contributed by atoms with Crippen molar-refractivity contribution in [3.05, 3.63) is 66.4 Å². The molecule has 146 valence electrons. The van der Waals surface area contributed by atoms with Crippen molar-refractivity contribution < 1.29 is 14.0 Å². The molecular formula is C20H22N4O3S. The van der Waals surface area contributed by atoms with Crippen molar-refractivity contribution >= 4 is 23.7 Å². The van der Waals surface area contributed by atoms with Gasteiger partial charge in [-0.1, -0.05) is 43.8 Å². The molecule has 0 saturated carbocycles. The molecule has 1 aromatic carbocycles. The fourth-order valence-corrected chi connectivity index (χ4v) is 3.46. The number of benzene rings is 1. The number of rotatable bonds is 7. The molecule has 3 rings (SSSR count). The molecule has 2 aromatic heterocycles. The van der Waals surface area contributed by atoms with Crippen LogP contribution in [-0.2, 0) is 11.3 Å². The van der Waals surface area contributed by atoms with Gasteiger partial charge in [-0.25, -0.2) is 9.78 Å². The van der Waals surface area contributed by atoms with Gasteiger partial charge in [0.1, 0.15) is 5.76 Å². The predicted molar refractivity (Wildman–Crippen MR) is 107 cm³/mol. The standard InChI is InChI=1S/C20H22N4O3S/c1-14(2)16-7-3-4-8-17(16)24-10-9-21-20(24)28-13-18(25)23-19(26)22-12-15-6-5-11-27-15/h3-11,14H,12-13H2,1-2H3,(H2,22,23,25,26). The number of aromatic nitrogens is 2. The number of nitrogens with zero attached hydrogens (tertiary/aromatic N) is 2. The SMILES string of the molecule is CC(C)c1ccccc1-n1ccnc1SCC(=O)NC(=O)NCc1ccco1. The zero-order chi connectivity index (χ0) is 19.9. The Morgan fingerprint density at radius 2 is 2.04 bits per heavy atom. The van der Waals surface area contributed by atoms with E-state index in [1.807, 2.05) is 29.0 Å². The number of thioether (sulfide) groups is 1. The third-order valence-corrected chi connectivity index (χ3v) is 4.98. The minimum Gasteiger partial charge on any atom is -0.467 e. The molecule has 0 unspecified atom stereocenters. The van der Waals surface area contributed by atoms with E-state index in [0.29, 0.717) is 16.8 Å². The smallest absolute Gasteiger partial charge is 0.321 e. The van der Waals surface area contributed by atoms with Crippen molar-refractivity contribution in [2.45, 2.75) is 31.5 Å². The summed E-state index contributed by atoms with van der Waals surface area (Å²) in [6.45, 7) is 4.49. The van der Waals surface area contributed by atoms with Crippen molar-refractivity contribution in [3.8, 4) is 5.69 Å². The van der Waals surface area contributed by atoms with Gasteiger partial charge < -0.3 is 9.73 Å². The molecule has 2 N–H and O–H groups in total. The summed E-state index contributed by atoms with van der Waals surface area (Å²) in [7, 11) is 0. The molecule has 0 aliphatic heterocycles. The summed E-state index contributed by atoms with van der Waals surface area (Å²) in [4.78, 5) is 28.2. The van der Waals surface area contributed by atoms with Crippen LogP contribution in [0.25, 0.3) is 5.69 Å². The first-order valence-corrected chi connectivity index (χ1v) is 9.88. The summed E-state index contributed by atoms with van der Waals surface area (Å²) in [5.41, 5.74) is 2.23. The Labute approximate surface area is 167 Å². The Balaban J connectivity index is 1.56. The van der Waals surface area contributed by atoms with E-state index >= 15 is 0 Å². The molecule has 0 bridgehead atoms. The van der Waals surface area contributed by atoms with Crippen molar-refractivity contribution in [2.75, 3.05) is 5.75 Å². The van der Waals surface area contributed by atoms with Crippen LogP contribution in [0.2, 0.25) is 0 Å². The lowest BCUT2D eigenvalue weighted by atomic mass is 10.0. The van der Waals surface area contributed by atoms with Gasteiger partial charge in [-0.05, 0) is 29.7 Å². The zero-order valence-electron chi connectivity index (χ0n) is 15.7. The highest BCUT2D eigenvalue weighted by Gasteiger charge is 2.14. The summed E-state index contributed by atoms with van der Waals surface area (Å²) in [6.07, 6.45) is 5.10. The minimum atomic E-state index is -0.560. The summed E-state index contributed by atoms with van der Waals surface area (Å²) in [6, 6.07) is 11.0. The van der Waals surface area contributed by atoms with Gasteiger partial charge in [-0.2, -0.15) is 0 Å². The normalized spacial score (nSPS) is 10.8. The number of hydrogen-bond acceptors (Lipinski definition) is 5. The van der Waals surface area contributed by atoms with Gasteiger partial charge in [0.15, 0.2) is 5.16 Å². The third-order valence-electron chi connectivity index (χ3n) is 4.01. The molecule has 8 heteroatoms. The largest absolute Gasteiger partial charge is 0.467 e. The Morgan fingerprint density at radius 1 is 1.21 bits per heavy atom. The summed E-state index contributed by atoms with van der Waals surface area (Å²) < 4.78 is 7.09. The molecule has 0 atom stereocenters. The van der Waals surface area contributed by atoms with E-state index in [9.17, 15) is 9.59 Å². The molecule has 0 fully saturated rings. The van der Waals surface area contributed by atoms with Gasteiger partial charge in [-0.3, -0.25) is 14.7 Å². The number of carbonyl (C=O) groups is 2. The Hall–Kier alpha value is -3.00. The molecule has 0 radical (unpaired) electrons. The molecule has 0 aliphatic rings. The molecule has 0 saturated heterocycles. The van der Waals surface area contributed by atoms with Gasteiger partial charge >= 0.3 is 6.03 Å². The maximum Gasteiger partial charge on any atom is 0.321 e. The highest BCUT2D eigenvalue weighted by molar-refractivity contribution is 7.99. The van der Waals surface area contributed by atoms with Crippen LogP contribution in [0.4, 0.5) is 4.79 Å². The monoisotopic (exact) mass is 398 g/mol. The van der Waals surface area contributed by atoms with E-state index in [1.54, 1.807) is 18.3 Å². The summed E-state index contributed by atoms with van der Waals surface area (Å²) in [5.74, 6) is 0.656. The summed E-state index contributed by atoms with van der Waals surface area (Å²) in [5, 5.41) is 5.57. The number of imide groups is 1. The molecular weight excluding hydrogens is 376 g/mol. The lowest BCUT2D eigenvalue weighted by Gasteiger charge is -2.15. The second kappa shape index (κ2) is 9.27. The van der Waals surface area contributed by atoms with Crippen LogP contribution in [0, 0.1) is 0 Å². The fraction of sp³-hybridized carbons (Fsp3) is 0.250. The first-order valence-electron chi connectivity index (χ1n) is 8.90.